The first-order valence-corrected chi connectivity index (χ1v) is 10.6. The topological polar surface area (TPSA) is 44.8 Å². The third-order valence-corrected chi connectivity index (χ3v) is 3.51. The molecular formula is C17H24O4Si. The summed E-state index contributed by atoms with van der Waals surface area (Å²) in [4.78, 5) is 12.2. The Balaban J connectivity index is 3.10. The van der Waals surface area contributed by atoms with Gasteiger partial charge in [0.2, 0.25) is 8.32 Å². The van der Waals surface area contributed by atoms with Gasteiger partial charge in [-0.15, -0.1) is 0 Å². The minimum absolute atomic E-state index is 0.305. The van der Waals surface area contributed by atoms with Crippen molar-refractivity contribution in [2.45, 2.75) is 26.6 Å². The Labute approximate surface area is 133 Å². The van der Waals surface area contributed by atoms with E-state index in [-0.39, 0.29) is 0 Å². The quantitative estimate of drug-likeness (QED) is 0.250. The summed E-state index contributed by atoms with van der Waals surface area (Å²) >= 11 is 0. The molecule has 4 nitrogen and oxygen atoms in total. The van der Waals surface area contributed by atoms with Crippen molar-refractivity contribution in [3.63, 3.8) is 0 Å². The van der Waals surface area contributed by atoms with Crippen molar-refractivity contribution < 1.29 is 18.7 Å². The maximum atomic E-state index is 12.2. The Bertz CT molecular complexity index is 553. The first-order chi connectivity index (χ1) is 10.3. The lowest BCUT2D eigenvalue weighted by Crippen LogP contribution is -2.26. The number of carbonyl (C=O) groups excluding carboxylic acids is 1. The van der Waals surface area contributed by atoms with Crippen LogP contribution < -0.4 is 4.74 Å². The van der Waals surface area contributed by atoms with Crippen molar-refractivity contribution in [1.82, 2.24) is 0 Å². The highest BCUT2D eigenvalue weighted by Gasteiger charge is 2.22. The van der Waals surface area contributed by atoms with E-state index in [0.717, 1.165) is 11.3 Å². The van der Waals surface area contributed by atoms with Crippen LogP contribution in [0.25, 0.3) is 6.08 Å². The van der Waals surface area contributed by atoms with Crippen molar-refractivity contribution >= 4 is 20.4 Å². The molecule has 0 bridgehead atoms. The van der Waals surface area contributed by atoms with Crippen molar-refractivity contribution in [3.05, 3.63) is 47.7 Å². The van der Waals surface area contributed by atoms with Crippen LogP contribution in [0.4, 0.5) is 0 Å². The summed E-state index contributed by atoms with van der Waals surface area (Å²) < 4.78 is 16.1. The molecular weight excluding hydrogens is 296 g/mol. The van der Waals surface area contributed by atoms with Gasteiger partial charge < -0.3 is 13.9 Å². The van der Waals surface area contributed by atoms with Gasteiger partial charge in [0.15, 0.2) is 0 Å². The van der Waals surface area contributed by atoms with Crippen molar-refractivity contribution in [1.29, 1.82) is 0 Å². The average Bonchev–Trinajstić information content (AvgIpc) is 2.43. The fourth-order valence-corrected chi connectivity index (χ4v) is 2.60. The average molecular weight is 320 g/mol. The number of hydrogen-bond donors (Lipinski definition) is 0. The molecule has 0 fully saturated rings. The molecule has 1 aromatic carbocycles. The molecule has 0 amide bonds. The molecule has 0 aromatic heterocycles. The molecule has 1 aromatic rings. The fraction of sp³-hybridized carbons (Fsp3) is 0.353. The molecule has 0 aliphatic heterocycles. The standard InChI is InChI=1S/C17H24O4Si/c1-7-20-17(18)16(13(2)21-22(4,5)6)12-14-8-10-15(19-3)11-9-14/h8-12H,2,7H2,1,3-6H3. The van der Waals surface area contributed by atoms with Crippen LogP contribution in [0.3, 0.4) is 0 Å². The predicted octanol–water partition coefficient (Wildman–Crippen LogP) is 4.01. The second-order valence-corrected chi connectivity index (χ2v) is 10.1. The molecule has 0 heterocycles. The lowest BCUT2D eigenvalue weighted by atomic mass is 10.1. The zero-order valence-electron chi connectivity index (χ0n) is 13.9. The number of carbonyl (C=O) groups is 1. The third-order valence-electron chi connectivity index (χ3n) is 2.65. The van der Waals surface area contributed by atoms with Crippen LogP contribution in [0.5, 0.6) is 5.75 Å². The fourth-order valence-electron chi connectivity index (χ4n) is 1.75. The van der Waals surface area contributed by atoms with Crippen molar-refractivity contribution in [2.24, 2.45) is 0 Å². The Morgan fingerprint density at radius 3 is 2.27 bits per heavy atom. The zero-order chi connectivity index (χ0) is 16.8. The highest BCUT2D eigenvalue weighted by atomic mass is 28.4. The van der Waals surface area contributed by atoms with Crippen LogP contribution in [-0.4, -0.2) is 28.0 Å². The molecule has 0 unspecified atom stereocenters. The van der Waals surface area contributed by atoms with E-state index in [2.05, 4.69) is 6.58 Å². The van der Waals surface area contributed by atoms with Crippen molar-refractivity contribution in [3.8, 4) is 5.75 Å². The number of ether oxygens (including phenoxy) is 2. The zero-order valence-corrected chi connectivity index (χ0v) is 14.9. The van der Waals surface area contributed by atoms with Crippen molar-refractivity contribution in [2.75, 3.05) is 13.7 Å². The summed E-state index contributed by atoms with van der Waals surface area (Å²) in [5.41, 5.74) is 1.19. The molecule has 1 rings (SSSR count). The van der Waals surface area contributed by atoms with Gasteiger partial charge in [-0.1, -0.05) is 18.7 Å². The van der Waals surface area contributed by atoms with E-state index in [1.807, 2.05) is 43.9 Å². The Kier molecular flexibility index (Phi) is 6.43. The van der Waals surface area contributed by atoms with Gasteiger partial charge in [-0.3, -0.25) is 0 Å². The lowest BCUT2D eigenvalue weighted by molar-refractivity contribution is -0.138. The number of rotatable bonds is 7. The number of benzene rings is 1. The Morgan fingerprint density at radius 2 is 1.82 bits per heavy atom. The maximum absolute atomic E-state index is 12.2. The Hall–Kier alpha value is -2.01. The summed E-state index contributed by atoms with van der Waals surface area (Å²) in [5, 5.41) is 0. The molecule has 120 valence electrons. The molecule has 0 saturated heterocycles. The summed E-state index contributed by atoms with van der Waals surface area (Å²) in [6.45, 7) is 12.1. The van der Waals surface area contributed by atoms with Crippen LogP contribution in [0.1, 0.15) is 12.5 Å². The van der Waals surface area contributed by atoms with Crippen LogP contribution in [0.15, 0.2) is 42.2 Å². The summed E-state index contributed by atoms with van der Waals surface area (Å²) in [6, 6.07) is 7.38. The van der Waals surface area contributed by atoms with Gasteiger partial charge in [-0.25, -0.2) is 4.79 Å². The number of esters is 1. The van der Waals surface area contributed by atoms with E-state index in [1.165, 1.54) is 0 Å². The molecule has 0 aliphatic rings. The van der Waals surface area contributed by atoms with Crippen LogP contribution in [-0.2, 0) is 14.0 Å². The van der Waals surface area contributed by atoms with Crippen LogP contribution >= 0.6 is 0 Å². The number of hydrogen-bond acceptors (Lipinski definition) is 4. The summed E-state index contributed by atoms with van der Waals surface area (Å²) in [7, 11) is -0.242. The third kappa shape index (κ3) is 5.77. The van der Waals surface area contributed by atoms with E-state index in [9.17, 15) is 4.79 Å². The van der Waals surface area contributed by atoms with E-state index in [0.29, 0.717) is 17.9 Å². The Morgan fingerprint density at radius 1 is 1.23 bits per heavy atom. The highest BCUT2D eigenvalue weighted by molar-refractivity contribution is 6.70. The van der Waals surface area contributed by atoms with E-state index in [1.54, 1.807) is 20.1 Å². The largest absolute Gasteiger partial charge is 0.544 e. The van der Waals surface area contributed by atoms with E-state index < -0.39 is 14.3 Å². The first kappa shape index (κ1) is 18.0. The smallest absolute Gasteiger partial charge is 0.341 e. The monoisotopic (exact) mass is 320 g/mol. The number of methoxy groups -OCH3 is 1. The lowest BCUT2D eigenvalue weighted by Gasteiger charge is -2.22. The molecule has 0 spiro atoms. The second kappa shape index (κ2) is 7.84. The second-order valence-electron chi connectivity index (χ2n) is 5.69. The molecule has 0 atom stereocenters. The normalized spacial score (nSPS) is 11.8. The van der Waals surface area contributed by atoms with Gasteiger partial charge in [-0.2, -0.15) is 0 Å². The molecule has 0 aliphatic carbocycles. The summed E-state index contributed by atoms with van der Waals surface area (Å²) in [6.07, 6.45) is 1.72. The van der Waals surface area contributed by atoms with Gasteiger partial charge in [0, 0.05) is 0 Å². The van der Waals surface area contributed by atoms with Gasteiger partial charge in [-0.05, 0) is 50.3 Å². The first-order valence-electron chi connectivity index (χ1n) is 7.18. The maximum Gasteiger partial charge on any atom is 0.341 e. The van der Waals surface area contributed by atoms with Crippen LogP contribution in [0.2, 0.25) is 19.6 Å². The SMILES string of the molecule is C=C(O[Si](C)(C)C)C(=Cc1ccc(OC)cc1)C(=O)OCC. The summed E-state index contributed by atoms with van der Waals surface area (Å²) in [5.74, 6) is 0.682. The molecule has 0 radical (unpaired) electrons. The van der Waals surface area contributed by atoms with Crippen LogP contribution in [0, 0.1) is 0 Å². The predicted molar refractivity (Wildman–Crippen MR) is 91.2 cm³/mol. The van der Waals surface area contributed by atoms with Gasteiger partial charge in [0.25, 0.3) is 0 Å². The minimum atomic E-state index is -1.85. The van der Waals surface area contributed by atoms with Gasteiger partial charge >= 0.3 is 5.97 Å². The highest BCUT2D eigenvalue weighted by Crippen LogP contribution is 2.21. The minimum Gasteiger partial charge on any atom is -0.544 e. The molecule has 0 N–H and O–H groups in total. The molecule has 22 heavy (non-hydrogen) atoms. The molecule has 0 saturated carbocycles. The molecule has 5 heteroatoms. The van der Waals surface area contributed by atoms with E-state index >= 15 is 0 Å². The van der Waals surface area contributed by atoms with Gasteiger partial charge in [0.05, 0.1) is 13.7 Å². The van der Waals surface area contributed by atoms with Gasteiger partial charge in [0.1, 0.15) is 17.1 Å². The van der Waals surface area contributed by atoms with E-state index in [4.69, 9.17) is 13.9 Å².